The van der Waals surface area contributed by atoms with Crippen LogP contribution in [0.25, 0.3) is 10.8 Å². The molecule has 0 aliphatic carbocycles. The predicted molar refractivity (Wildman–Crippen MR) is 90.2 cm³/mol. The molecule has 126 valence electrons. The van der Waals surface area contributed by atoms with Gasteiger partial charge in [0.1, 0.15) is 11.7 Å². The lowest BCUT2D eigenvalue weighted by Gasteiger charge is -2.18. The first-order valence-electron chi connectivity index (χ1n) is 7.92. The van der Waals surface area contributed by atoms with E-state index in [9.17, 15) is 14.4 Å². The standard InChI is InChI=1S/C18H15N3O4/c1-2-25-18(24)15-13-14(19-20-15)17(23)21(16(13)22)12-9-5-7-10-6-3-4-8-11(10)12/h3-9,14,19-20H,2H2,1H3. The molecule has 2 aliphatic heterocycles. The van der Waals surface area contributed by atoms with Crippen LogP contribution in [0.15, 0.2) is 53.7 Å². The second-order valence-corrected chi connectivity index (χ2v) is 5.69. The minimum absolute atomic E-state index is 0.00654. The van der Waals surface area contributed by atoms with Gasteiger partial charge in [0.2, 0.25) is 0 Å². The number of hydrogen-bond donors (Lipinski definition) is 2. The third-order valence-corrected chi connectivity index (χ3v) is 4.29. The highest BCUT2D eigenvalue weighted by Gasteiger charge is 2.50. The first-order valence-corrected chi connectivity index (χ1v) is 7.92. The summed E-state index contributed by atoms with van der Waals surface area (Å²) in [5.74, 6) is -1.61. The number of ether oxygens (including phenoxy) is 1. The number of carbonyl (C=O) groups excluding carboxylic acids is 3. The van der Waals surface area contributed by atoms with Crippen LogP contribution in [0, 0.1) is 0 Å². The van der Waals surface area contributed by atoms with E-state index in [-0.39, 0.29) is 17.9 Å². The van der Waals surface area contributed by atoms with Crippen molar-refractivity contribution in [2.75, 3.05) is 11.5 Å². The Morgan fingerprint density at radius 1 is 1.16 bits per heavy atom. The maximum atomic E-state index is 12.9. The maximum Gasteiger partial charge on any atom is 0.356 e. The molecule has 1 fully saturated rings. The second kappa shape index (κ2) is 5.71. The number of rotatable bonds is 3. The Labute approximate surface area is 143 Å². The number of benzene rings is 2. The third kappa shape index (κ3) is 2.20. The molecule has 7 heteroatoms. The van der Waals surface area contributed by atoms with Gasteiger partial charge in [0.15, 0.2) is 0 Å². The lowest BCUT2D eigenvalue weighted by molar-refractivity contribution is -0.139. The summed E-state index contributed by atoms with van der Waals surface area (Å²) in [5, 5.41) is 1.71. The topological polar surface area (TPSA) is 87.7 Å². The zero-order valence-electron chi connectivity index (χ0n) is 13.4. The van der Waals surface area contributed by atoms with Crippen LogP contribution < -0.4 is 15.8 Å². The average molecular weight is 337 g/mol. The summed E-state index contributed by atoms with van der Waals surface area (Å²) in [6, 6.07) is 12.0. The summed E-state index contributed by atoms with van der Waals surface area (Å²) in [6.07, 6.45) is 0. The smallest absolute Gasteiger partial charge is 0.356 e. The Balaban J connectivity index is 1.83. The number of hydrazine groups is 1. The fraction of sp³-hybridized carbons (Fsp3) is 0.167. The van der Waals surface area contributed by atoms with Crippen molar-refractivity contribution >= 4 is 34.2 Å². The fourth-order valence-electron chi connectivity index (χ4n) is 3.19. The molecular formula is C18H15N3O4. The van der Waals surface area contributed by atoms with E-state index < -0.39 is 23.8 Å². The molecule has 2 amide bonds. The van der Waals surface area contributed by atoms with Gasteiger partial charge in [-0.1, -0.05) is 36.4 Å². The Hall–Kier alpha value is -3.19. The minimum atomic E-state index is -0.897. The lowest BCUT2D eigenvalue weighted by atomic mass is 10.1. The summed E-state index contributed by atoms with van der Waals surface area (Å²) in [4.78, 5) is 38.9. The summed E-state index contributed by atoms with van der Waals surface area (Å²) in [7, 11) is 0. The van der Waals surface area contributed by atoms with Gasteiger partial charge in [-0.05, 0) is 18.4 Å². The van der Waals surface area contributed by atoms with Crippen LogP contribution in [0.5, 0.6) is 0 Å². The fourth-order valence-corrected chi connectivity index (χ4v) is 3.19. The number of esters is 1. The summed E-state index contributed by atoms with van der Waals surface area (Å²) in [6.45, 7) is 1.85. The number of hydrogen-bond acceptors (Lipinski definition) is 6. The highest BCUT2D eigenvalue weighted by atomic mass is 16.5. The number of nitrogens with one attached hydrogen (secondary N) is 2. The molecular weight excluding hydrogens is 322 g/mol. The van der Waals surface area contributed by atoms with Crippen LogP contribution >= 0.6 is 0 Å². The quantitative estimate of drug-likeness (QED) is 0.642. The van der Waals surface area contributed by atoms with Gasteiger partial charge < -0.3 is 10.2 Å². The van der Waals surface area contributed by atoms with Crippen LogP contribution in [0.3, 0.4) is 0 Å². The predicted octanol–water partition coefficient (Wildman–Crippen LogP) is 1.01. The number of amides is 2. The Morgan fingerprint density at radius 3 is 2.72 bits per heavy atom. The van der Waals surface area contributed by atoms with E-state index in [2.05, 4.69) is 10.9 Å². The van der Waals surface area contributed by atoms with E-state index in [1.807, 2.05) is 30.3 Å². The van der Waals surface area contributed by atoms with Gasteiger partial charge in [-0.2, -0.15) is 0 Å². The molecule has 2 aromatic rings. The molecule has 0 saturated carbocycles. The molecule has 0 spiro atoms. The summed E-state index contributed by atoms with van der Waals surface area (Å²) >= 11 is 0. The van der Waals surface area contributed by atoms with E-state index in [0.29, 0.717) is 5.69 Å². The van der Waals surface area contributed by atoms with Gasteiger partial charge in [-0.25, -0.2) is 15.1 Å². The highest BCUT2D eigenvalue weighted by molar-refractivity contribution is 6.34. The monoisotopic (exact) mass is 337 g/mol. The van der Waals surface area contributed by atoms with Gasteiger partial charge >= 0.3 is 5.97 Å². The van der Waals surface area contributed by atoms with Crippen molar-refractivity contribution < 1.29 is 19.1 Å². The Bertz CT molecular complexity index is 945. The normalized spacial score (nSPS) is 19.4. The third-order valence-electron chi connectivity index (χ3n) is 4.29. The molecule has 1 saturated heterocycles. The van der Waals surface area contributed by atoms with Gasteiger partial charge in [0.25, 0.3) is 11.8 Å². The molecule has 25 heavy (non-hydrogen) atoms. The van der Waals surface area contributed by atoms with Crippen LogP contribution in [-0.2, 0) is 19.1 Å². The zero-order valence-corrected chi connectivity index (χ0v) is 13.4. The Kier molecular flexibility index (Phi) is 3.51. The second-order valence-electron chi connectivity index (χ2n) is 5.69. The first kappa shape index (κ1) is 15.3. The van der Waals surface area contributed by atoms with E-state index in [0.717, 1.165) is 15.7 Å². The molecule has 7 nitrogen and oxygen atoms in total. The van der Waals surface area contributed by atoms with Gasteiger partial charge in [0, 0.05) is 5.39 Å². The van der Waals surface area contributed by atoms with Crippen molar-refractivity contribution in [3.8, 4) is 0 Å². The Morgan fingerprint density at radius 2 is 1.92 bits per heavy atom. The lowest BCUT2D eigenvalue weighted by Crippen LogP contribution is -2.42. The molecule has 2 aliphatic rings. The molecule has 1 atom stereocenters. The van der Waals surface area contributed by atoms with Crippen LogP contribution in [-0.4, -0.2) is 30.4 Å². The molecule has 4 rings (SSSR count). The minimum Gasteiger partial charge on any atom is -0.461 e. The first-order chi connectivity index (χ1) is 12.1. The highest BCUT2D eigenvalue weighted by Crippen LogP contribution is 2.34. The average Bonchev–Trinajstić information content (AvgIpc) is 3.16. The number of anilines is 1. The van der Waals surface area contributed by atoms with Crippen molar-refractivity contribution in [3.05, 3.63) is 53.7 Å². The SMILES string of the molecule is CCOC(=O)C1=C2C(=O)N(c3cccc4ccccc34)C(=O)C2NN1. The van der Waals surface area contributed by atoms with E-state index in [4.69, 9.17) is 4.74 Å². The van der Waals surface area contributed by atoms with Crippen molar-refractivity contribution in [2.24, 2.45) is 0 Å². The molecule has 2 N–H and O–H groups in total. The zero-order chi connectivity index (χ0) is 17.6. The van der Waals surface area contributed by atoms with Gasteiger partial charge in [-0.15, -0.1) is 0 Å². The number of fused-ring (bicyclic) bond motifs is 2. The summed E-state index contributed by atoms with van der Waals surface area (Å²) < 4.78 is 4.95. The number of nitrogens with zero attached hydrogens (tertiary/aromatic N) is 1. The van der Waals surface area contributed by atoms with Gasteiger partial charge in [-0.3, -0.25) is 9.59 Å². The van der Waals surface area contributed by atoms with Crippen molar-refractivity contribution in [1.29, 1.82) is 0 Å². The molecule has 2 aromatic carbocycles. The van der Waals surface area contributed by atoms with Crippen molar-refractivity contribution in [1.82, 2.24) is 10.9 Å². The van der Waals surface area contributed by atoms with E-state index in [1.54, 1.807) is 19.1 Å². The van der Waals surface area contributed by atoms with E-state index in [1.165, 1.54) is 0 Å². The van der Waals surface area contributed by atoms with Crippen molar-refractivity contribution in [2.45, 2.75) is 13.0 Å². The number of imide groups is 1. The van der Waals surface area contributed by atoms with Crippen molar-refractivity contribution in [3.63, 3.8) is 0 Å². The molecule has 0 aromatic heterocycles. The largest absolute Gasteiger partial charge is 0.461 e. The van der Waals surface area contributed by atoms with Crippen LogP contribution in [0.1, 0.15) is 6.92 Å². The van der Waals surface area contributed by atoms with E-state index >= 15 is 0 Å². The molecule has 0 radical (unpaired) electrons. The van der Waals surface area contributed by atoms with Crippen LogP contribution in [0.2, 0.25) is 0 Å². The molecule has 1 unspecified atom stereocenters. The van der Waals surface area contributed by atoms with Gasteiger partial charge in [0.05, 0.1) is 17.9 Å². The molecule has 0 bridgehead atoms. The summed E-state index contributed by atoms with van der Waals surface area (Å²) in [5.41, 5.74) is 5.89. The number of carbonyl (C=O) groups is 3. The maximum absolute atomic E-state index is 12.9. The van der Waals surface area contributed by atoms with Crippen LogP contribution in [0.4, 0.5) is 5.69 Å². The molecule has 2 heterocycles.